The Hall–Kier alpha value is -1.80. The van der Waals surface area contributed by atoms with Crippen LogP contribution in [0.4, 0.5) is 0 Å². The summed E-state index contributed by atoms with van der Waals surface area (Å²) in [5.74, 6) is 0.905. The van der Waals surface area contributed by atoms with Gasteiger partial charge in [0.25, 0.3) is 0 Å². The first-order valence-electron chi connectivity index (χ1n) is 6.17. The minimum atomic E-state index is 0.583. The monoisotopic (exact) mass is 241 g/mol. The van der Waals surface area contributed by atoms with Crippen molar-refractivity contribution in [3.8, 4) is 5.75 Å². The predicted molar refractivity (Wildman–Crippen MR) is 74.6 cm³/mol. The highest BCUT2D eigenvalue weighted by Gasteiger charge is 2.01. The maximum atomic E-state index is 5.77. The standard InChI is InChI=1S/C16H19NO/c1-12-3-7-16(8-4-12)18-11-15-6-5-14(10-17)9-13(15)2/h3-9H,10-11,17H2,1-2H3. The molecule has 2 nitrogen and oxygen atoms in total. The first-order valence-corrected chi connectivity index (χ1v) is 6.17. The van der Waals surface area contributed by atoms with Crippen molar-refractivity contribution in [1.82, 2.24) is 0 Å². The van der Waals surface area contributed by atoms with Crippen molar-refractivity contribution in [3.05, 3.63) is 64.7 Å². The average Bonchev–Trinajstić information content (AvgIpc) is 2.39. The van der Waals surface area contributed by atoms with Gasteiger partial charge in [-0.05, 0) is 42.7 Å². The van der Waals surface area contributed by atoms with E-state index in [0.717, 1.165) is 11.3 Å². The average molecular weight is 241 g/mol. The number of ether oxygens (including phenoxy) is 1. The van der Waals surface area contributed by atoms with Crippen LogP contribution in [-0.4, -0.2) is 0 Å². The fraction of sp³-hybridized carbons (Fsp3) is 0.250. The van der Waals surface area contributed by atoms with Gasteiger partial charge in [-0.1, -0.05) is 35.9 Å². The minimum absolute atomic E-state index is 0.583. The molecule has 0 spiro atoms. The van der Waals surface area contributed by atoms with Gasteiger partial charge in [-0.2, -0.15) is 0 Å². The van der Waals surface area contributed by atoms with Crippen molar-refractivity contribution in [2.24, 2.45) is 5.73 Å². The van der Waals surface area contributed by atoms with E-state index in [1.54, 1.807) is 0 Å². The van der Waals surface area contributed by atoms with Gasteiger partial charge in [0.15, 0.2) is 0 Å². The summed E-state index contributed by atoms with van der Waals surface area (Å²) in [6, 6.07) is 14.4. The number of hydrogen-bond donors (Lipinski definition) is 1. The molecule has 2 heteroatoms. The van der Waals surface area contributed by atoms with E-state index in [1.807, 2.05) is 12.1 Å². The molecule has 0 fully saturated rings. The van der Waals surface area contributed by atoms with E-state index in [-0.39, 0.29) is 0 Å². The SMILES string of the molecule is Cc1ccc(OCc2ccc(CN)cc2C)cc1. The Morgan fingerprint density at radius 3 is 2.33 bits per heavy atom. The molecular weight excluding hydrogens is 222 g/mol. The summed E-state index contributed by atoms with van der Waals surface area (Å²) in [6.45, 7) is 5.34. The molecule has 2 aromatic carbocycles. The molecule has 0 aromatic heterocycles. The summed E-state index contributed by atoms with van der Waals surface area (Å²) < 4.78 is 5.77. The highest BCUT2D eigenvalue weighted by Crippen LogP contribution is 2.16. The summed E-state index contributed by atoms with van der Waals surface area (Å²) in [5, 5.41) is 0. The second-order valence-electron chi connectivity index (χ2n) is 4.57. The molecule has 18 heavy (non-hydrogen) atoms. The van der Waals surface area contributed by atoms with Crippen LogP contribution in [-0.2, 0) is 13.2 Å². The zero-order valence-electron chi connectivity index (χ0n) is 10.9. The van der Waals surface area contributed by atoms with Crippen molar-refractivity contribution in [1.29, 1.82) is 0 Å². The lowest BCUT2D eigenvalue weighted by Crippen LogP contribution is -2.01. The van der Waals surface area contributed by atoms with E-state index in [9.17, 15) is 0 Å². The van der Waals surface area contributed by atoms with E-state index in [1.165, 1.54) is 16.7 Å². The van der Waals surface area contributed by atoms with E-state index >= 15 is 0 Å². The van der Waals surface area contributed by atoms with Gasteiger partial charge in [0.05, 0.1) is 0 Å². The maximum absolute atomic E-state index is 5.77. The summed E-state index contributed by atoms with van der Waals surface area (Å²) in [7, 11) is 0. The van der Waals surface area contributed by atoms with Crippen LogP contribution in [0.5, 0.6) is 5.75 Å². The van der Waals surface area contributed by atoms with E-state index in [2.05, 4.69) is 44.2 Å². The fourth-order valence-electron chi connectivity index (χ4n) is 1.84. The Labute approximate surface area is 108 Å². The summed E-state index contributed by atoms with van der Waals surface area (Å²) in [5.41, 5.74) is 10.4. The van der Waals surface area contributed by atoms with Crippen LogP contribution in [0, 0.1) is 13.8 Å². The number of benzene rings is 2. The van der Waals surface area contributed by atoms with E-state index in [0.29, 0.717) is 13.2 Å². The second kappa shape index (κ2) is 5.69. The van der Waals surface area contributed by atoms with Crippen LogP contribution in [0.15, 0.2) is 42.5 Å². The van der Waals surface area contributed by atoms with Crippen molar-refractivity contribution >= 4 is 0 Å². The quantitative estimate of drug-likeness (QED) is 0.891. The molecule has 0 aliphatic rings. The summed E-state index contributed by atoms with van der Waals surface area (Å²) in [6.07, 6.45) is 0. The lowest BCUT2D eigenvalue weighted by molar-refractivity contribution is 0.305. The Kier molecular flexibility index (Phi) is 4.00. The van der Waals surface area contributed by atoms with Gasteiger partial charge < -0.3 is 10.5 Å². The third-order valence-corrected chi connectivity index (χ3v) is 3.06. The highest BCUT2D eigenvalue weighted by atomic mass is 16.5. The molecule has 0 bridgehead atoms. The summed E-state index contributed by atoms with van der Waals surface area (Å²) in [4.78, 5) is 0. The molecule has 94 valence electrons. The molecule has 0 atom stereocenters. The van der Waals surface area contributed by atoms with Crippen molar-refractivity contribution in [2.75, 3.05) is 0 Å². The fourth-order valence-corrected chi connectivity index (χ4v) is 1.84. The molecule has 0 unspecified atom stereocenters. The highest BCUT2D eigenvalue weighted by molar-refractivity contribution is 5.32. The van der Waals surface area contributed by atoms with Crippen LogP contribution in [0.25, 0.3) is 0 Å². The number of nitrogens with two attached hydrogens (primary N) is 1. The first kappa shape index (κ1) is 12.7. The molecule has 2 aromatic rings. The molecule has 0 aliphatic carbocycles. The van der Waals surface area contributed by atoms with Gasteiger partial charge >= 0.3 is 0 Å². The molecule has 0 saturated heterocycles. The Bertz CT molecular complexity index is 517. The minimum Gasteiger partial charge on any atom is -0.489 e. The van der Waals surface area contributed by atoms with Crippen LogP contribution in [0.1, 0.15) is 22.3 Å². The third kappa shape index (κ3) is 3.11. The smallest absolute Gasteiger partial charge is 0.119 e. The third-order valence-electron chi connectivity index (χ3n) is 3.06. The molecule has 0 radical (unpaired) electrons. The number of hydrogen-bond acceptors (Lipinski definition) is 2. The predicted octanol–water partition coefficient (Wildman–Crippen LogP) is 3.34. The lowest BCUT2D eigenvalue weighted by atomic mass is 10.1. The zero-order valence-corrected chi connectivity index (χ0v) is 10.9. The van der Waals surface area contributed by atoms with Crippen molar-refractivity contribution in [3.63, 3.8) is 0 Å². The van der Waals surface area contributed by atoms with E-state index < -0.39 is 0 Å². The number of aryl methyl sites for hydroxylation is 2. The zero-order chi connectivity index (χ0) is 13.0. The van der Waals surface area contributed by atoms with Crippen LogP contribution >= 0.6 is 0 Å². The van der Waals surface area contributed by atoms with Crippen LogP contribution in [0.2, 0.25) is 0 Å². The second-order valence-corrected chi connectivity index (χ2v) is 4.57. The van der Waals surface area contributed by atoms with Crippen molar-refractivity contribution < 1.29 is 4.74 Å². The molecule has 2 N–H and O–H groups in total. The topological polar surface area (TPSA) is 35.2 Å². The van der Waals surface area contributed by atoms with Gasteiger partial charge in [0, 0.05) is 6.54 Å². The first-order chi connectivity index (χ1) is 8.69. The molecule has 0 saturated carbocycles. The molecule has 0 heterocycles. The Balaban J connectivity index is 2.04. The van der Waals surface area contributed by atoms with Gasteiger partial charge in [-0.15, -0.1) is 0 Å². The Morgan fingerprint density at radius 1 is 1.00 bits per heavy atom. The largest absolute Gasteiger partial charge is 0.489 e. The van der Waals surface area contributed by atoms with Gasteiger partial charge in [-0.3, -0.25) is 0 Å². The Morgan fingerprint density at radius 2 is 1.72 bits per heavy atom. The van der Waals surface area contributed by atoms with Gasteiger partial charge in [-0.25, -0.2) is 0 Å². The van der Waals surface area contributed by atoms with Crippen LogP contribution < -0.4 is 10.5 Å². The van der Waals surface area contributed by atoms with Gasteiger partial charge in [0.1, 0.15) is 12.4 Å². The van der Waals surface area contributed by atoms with Crippen LogP contribution in [0.3, 0.4) is 0 Å². The normalized spacial score (nSPS) is 10.4. The maximum Gasteiger partial charge on any atom is 0.119 e. The molecule has 0 amide bonds. The number of rotatable bonds is 4. The summed E-state index contributed by atoms with van der Waals surface area (Å²) >= 11 is 0. The van der Waals surface area contributed by atoms with Crippen molar-refractivity contribution in [2.45, 2.75) is 27.0 Å². The molecular formula is C16H19NO. The molecule has 2 rings (SSSR count). The van der Waals surface area contributed by atoms with Gasteiger partial charge in [0.2, 0.25) is 0 Å². The lowest BCUT2D eigenvalue weighted by Gasteiger charge is -2.10. The van der Waals surface area contributed by atoms with E-state index in [4.69, 9.17) is 10.5 Å². The molecule has 0 aliphatic heterocycles.